The van der Waals surface area contributed by atoms with Crippen LogP contribution in [0.1, 0.15) is 15.9 Å². The monoisotopic (exact) mass is 366 g/mol. The summed E-state index contributed by atoms with van der Waals surface area (Å²) < 4.78 is 10.5. The molecular formula is C21H22N2O4. The average molecular weight is 366 g/mol. The van der Waals surface area contributed by atoms with Gasteiger partial charge in [-0.15, -0.1) is 0 Å². The first-order valence-corrected chi connectivity index (χ1v) is 8.76. The summed E-state index contributed by atoms with van der Waals surface area (Å²) in [5.41, 5.74) is 1.52. The van der Waals surface area contributed by atoms with Crippen LogP contribution in [-0.2, 0) is 9.53 Å². The van der Waals surface area contributed by atoms with Gasteiger partial charge in [0.25, 0.3) is 11.8 Å². The molecule has 2 aromatic rings. The van der Waals surface area contributed by atoms with Gasteiger partial charge in [-0.1, -0.05) is 30.3 Å². The summed E-state index contributed by atoms with van der Waals surface area (Å²) in [6.07, 6.45) is 1.68. The van der Waals surface area contributed by atoms with Crippen LogP contribution in [0.5, 0.6) is 5.75 Å². The number of amides is 2. The molecule has 0 atom stereocenters. The highest BCUT2D eigenvalue weighted by atomic mass is 16.5. The number of carbonyl (C=O) groups is 2. The molecule has 0 aliphatic carbocycles. The SMILES string of the molecule is COc1ccc(/C=C(/NC(=O)c2ccccc2)C(=O)N2CCOCC2)cc1. The van der Waals surface area contributed by atoms with Crippen molar-refractivity contribution in [3.63, 3.8) is 0 Å². The molecule has 0 unspecified atom stereocenters. The average Bonchev–Trinajstić information content (AvgIpc) is 2.74. The van der Waals surface area contributed by atoms with E-state index in [1.807, 2.05) is 30.3 Å². The van der Waals surface area contributed by atoms with Crippen LogP contribution in [0, 0.1) is 0 Å². The first-order valence-electron chi connectivity index (χ1n) is 8.76. The smallest absolute Gasteiger partial charge is 0.270 e. The third-order valence-corrected chi connectivity index (χ3v) is 4.24. The molecule has 2 amide bonds. The number of hydrogen-bond acceptors (Lipinski definition) is 4. The Labute approximate surface area is 158 Å². The zero-order chi connectivity index (χ0) is 19.1. The van der Waals surface area contributed by atoms with Gasteiger partial charge in [0.15, 0.2) is 0 Å². The van der Waals surface area contributed by atoms with E-state index in [9.17, 15) is 9.59 Å². The maximum Gasteiger partial charge on any atom is 0.270 e. The molecule has 1 heterocycles. The first-order chi connectivity index (χ1) is 13.2. The standard InChI is InChI=1S/C21H22N2O4/c1-26-18-9-7-16(8-10-18)15-19(21(25)23-11-13-27-14-12-23)22-20(24)17-5-3-2-4-6-17/h2-10,15H,11-14H2,1H3,(H,22,24)/b19-15+. The number of nitrogens with zero attached hydrogens (tertiary/aromatic N) is 1. The summed E-state index contributed by atoms with van der Waals surface area (Å²) in [5, 5.41) is 2.77. The summed E-state index contributed by atoms with van der Waals surface area (Å²) in [7, 11) is 1.60. The van der Waals surface area contributed by atoms with Crippen molar-refractivity contribution in [1.82, 2.24) is 10.2 Å². The third-order valence-electron chi connectivity index (χ3n) is 4.24. The Morgan fingerprint density at radius 3 is 2.33 bits per heavy atom. The van der Waals surface area contributed by atoms with Crippen LogP contribution < -0.4 is 10.1 Å². The minimum Gasteiger partial charge on any atom is -0.497 e. The minimum atomic E-state index is -0.322. The van der Waals surface area contributed by atoms with Crippen molar-refractivity contribution in [3.8, 4) is 5.75 Å². The van der Waals surface area contributed by atoms with E-state index >= 15 is 0 Å². The number of morpholine rings is 1. The highest BCUT2D eigenvalue weighted by Crippen LogP contribution is 2.15. The van der Waals surface area contributed by atoms with E-state index in [0.29, 0.717) is 31.9 Å². The molecule has 1 N–H and O–H groups in total. The molecule has 2 aromatic carbocycles. The largest absolute Gasteiger partial charge is 0.497 e. The summed E-state index contributed by atoms with van der Waals surface area (Å²) in [6, 6.07) is 16.1. The summed E-state index contributed by atoms with van der Waals surface area (Å²) in [4.78, 5) is 27.2. The molecule has 0 spiro atoms. The number of methoxy groups -OCH3 is 1. The van der Waals surface area contributed by atoms with E-state index in [-0.39, 0.29) is 17.5 Å². The van der Waals surface area contributed by atoms with Gasteiger partial charge in [-0.05, 0) is 35.9 Å². The summed E-state index contributed by atoms with van der Waals surface area (Å²) >= 11 is 0. The number of carbonyl (C=O) groups excluding carboxylic acids is 2. The molecular weight excluding hydrogens is 344 g/mol. The molecule has 1 aliphatic heterocycles. The molecule has 140 valence electrons. The number of ether oxygens (including phenoxy) is 2. The van der Waals surface area contributed by atoms with Gasteiger partial charge in [-0.25, -0.2) is 0 Å². The van der Waals surface area contributed by atoms with Crippen molar-refractivity contribution in [3.05, 3.63) is 71.4 Å². The maximum atomic E-state index is 13.0. The van der Waals surface area contributed by atoms with Crippen molar-refractivity contribution in [2.24, 2.45) is 0 Å². The number of rotatable bonds is 5. The van der Waals surface area contributed by atoms with Crippen LogP contribution in [0.25, 0.3) is 6.08 Å². The fourth-order valence-corrected chi connectivity index (χ4v) is 2.74. The van der Waals surface area contributed by atoms with Gasteiger partial charge < -0.3 is 19.7 Å². The Bertz CT molecular complexity index is 810. The molecule has 0 saturated carbocycles. The number of nitrogens with one attached hydrogen (secondary N) is 1. The fraction of sp³-hybridized carbons (Fsp3) is 0.238. The Hall–Kier alpha value is -3.12. The van der Waals surface area contributed by atoms with Gasteiger partial charge in [0.2, 0.25) is 0 Å². The topological polar surface area (TPSA) is 67.9 Å². The molecule has 3 rings (SSSR count). The van der Waals surface area contributed by atoms with Crippen molar-refractivity contribution in [2.45, 2.75) is 0 Å². The molecule has 0 aromatic heterocycles. The maximum absolute atomic E-state index is 13.0. The van der Waals surface area contributed by atoms with Crippen LogP contribution in [-0.4, -0.2) is 50.1 Å². The highest BCUT2D eigenvalue weighted by Gasteiger charge is 2.22. The van der Waals surface area contributed by atoms with E-state index in [4.69, 9.17) is 9.47 Å². The molecule has 27 heavy (non-hydrogen) atoms. The van der Waals surface area contributed by atoms with Crippen molar-refractivity contribution in [1.29, 1.82) is 0 Å². The van der Waals surface area contributed by atoms with Gasteiger partial charge in [0, 0.05) is 18.7 Å². The molecule has 0 radical (unpaired) electrons. The van der Waals surface area contributed by atoms with Gasteiger partial charge in [0.1, 0.15) is 11.4 Å². The van der Waals surface area contributed by atoms with E-state index in [1.54, 1.807) is 42.4 Å². The van der Waals surface area contributed by atoms with Crippen molar-refractivity contribution in [2.75, 3.05) is 33.4 Å². The van der Waals surface area contributed by atoms with Gasteiger partial charge in [-0.3, -0.25) is 9.59 Å². The second-order valence-corrected chi connectivity index (χ2v) is 6.06. The zero-order valence-electron chi connectivity index (χ0n) is 15.2. The highest BCUT2D eigenvalue weighted by molar-refractivity contribution is 6.05. The summed E-state index contributed by atoms with van der Waals surface area (Å²) in [5.74, 6) is 0.178. The fourth-order valence-electron chi connectivity index (χ4n) is 2.74. The predicted octanol–water partition coefficient (Wildman–Crippen LogP) is 2.32. The van der Waals surface area contributed by atoms with E-state index in [1.165, 1.54) is 0 Å². The van der Waals surface area contributed by atoms with Gasteiger partial charge in [-0.2, -0.15) is 0 Å². The quantitative estimate of drug-likeness (QED) is 0.825. The number of benzene rings is 2. The third kappa shape index (κ3) is 4.95. The Morgan fingerprint density at radius 1 is 1.04 bits per heavy atom. The molecule has 6 heteroatoms. The van der Waals surface area contributed by atoms with E-state index in [0.717, 1.165) is 11.3 Å². The first kappa shape index (κ1) is 18.7. The van der Waals surface area contributed by atoms with Gasteiger partial charge >= 0.3 is 0 Å². The second-order valence-electron chi connectivity index (χ2n) is 6.06. The Balaban J connectivity index is 1.86. The van der Waals surface area contributed by atoms with E-state index in [2.05, 4.69) is 5.32 Å². The van der Waals surface area contributed by atoms with Crippen LogP contribution in [0.3, 0.4) is 0 Å². The lowest BCUT2D eigenvalue weighted by atomic mass is 10.1. The molecule has 1 fully saturated rings. The zero-order valence-corrected chi connectivity index (χ0v) is 15.2. The second kappa shape index (κ2) is 9.00. The molecule has 1 saturated heterocycles. The summed E-state index contributed by atoms with van der Waals surface area (Å²) in [6.45, 7) is 1.99. The molecule has 0 bridgehead atoms. The van der Waals surface area contributed by atoms with Crippen LogP contribution >= 0.6 is 0 Å². The van der Waals surface area contributed by atoms with Crippen LogP contribution in [0.2, 0.25) is 0 Å². The lowest BCUT2D eigenvalue weighted by Crippen LogP contribution is -2.44. The minimum absolute atomic E-state index is 0.224. The lowest BCUT2D eigenvalue weighted by molar-refractivity contribution is -0.131. The normalized spacial score (nSPS) is 14.6. The number of hydrogen-bond donors (Lipinski definition) is 1. The predicted molar refractivity (Wildman–Crippen MR) is 102 cm³/mol. The van der Waals surface area contributed by atoms with Crippen molar-refractivity contribution < 1.29 is 19.1 Å². The Kier molecular flexibility index (Phi) is 6.22. The van der Waals surface area contributed by atoms with Gasteiger partial charge in [0.05, 0.1) is 20.3 Å². The van der Waals surface area contributed by atoms with Crippen LogP contribution in [0.4, 0.5) is 0 Å². The molecule has 6 nitrogen and oxygen atoms in total. The van der Waals surface area contributed by atoms with Crippen molar-refractivity contribution >= 4 is 17.9 Å². The van der Waals surface area contributed by atoms with Crippen LogP contribution in [0.15, 0.2) is 60.3 Å². The Morgan fingerprint density at radius 2 is 1.70 bits per heavy atom. The lowest BCUT2D eigenvalue weighted by Gasteiger charge is -2.27. The van der Waals surface area contributed by atoms with E-state index < -0.39 is 0 Å². The molecule has 1 aliphatic rings.